The van der Waals surface area contributed by atoms with Gasteiger partial charge in [-0.1, -0.05) is 134 Å². The molecule has 0 fully saturated rings. The van der Waals surface area contributed by atoms with E-state index < -0.39 is 12.2 Å². The molecule has 0 saturated heterocycles. The number of hydrogen-bond donors (Lipinski definition) is 2. The third-order valence-electron chi connectivity index (χ3n) is 7.50. The lowest BCUT2D eigenvalue weighted by Crippen LogP contribution is -3.00. The van der Waals surface area contributed by atoms with E-state index in [0.717, 1.165) is 38.6 Å². The highest BCUT2D eigenvalue weighted by molar-refractivity contribution is 7.07. The maximum absolute atomic E-state index is 11.9. The zero-order chi connectivity index (χ0) is 30.4. The van der Waals surface area contributed by atoms with Crippen LogP contribution in [0.4, 0.5) is 9.59 Å². The fraction of sp³-hybridized carbons (Fsp3) is 0.794. The van der Waals surface area contributed by atoms with Gasteiger partial charge in [0.1, 0.15) is 19.8 Å². The number of carbonyl (C=O) groups is 2. The maximum atomic E-state index is 11.9. The molecule has 0 bridgehead atoms. The Hall–Kier alpha value is -1.61. The minimum atomic E-state index is -0.460. The normalized spacial score (nSPS) is 10.6. The van der Waals surface area contributed by atoms with Gasteiger partial charge < -0.3 is 37.1 Å². The second kappa shape index (κ2) is 31.8. The van der Waals surface area contributed by atoms with Crippen LogP contribution in [-0.2, 0) is 16.0 Å². The number of ether oxygens (including phenoxy) is 2. The number of rotatable bonds is 29. The van der Waals surface area contributed by atoms with Crippen LogP contribution in [-0.4, -0.2) is 38.5 Å². The molecule has 0 unspecified atom stereocenters. The van der Waals surface area contributed by atoms with Crippen molar-refractivity contribution in [3.63, 3.8) is 0 Å². The molecule has 0 aliphatic heterocycles. The van der Waals surface area contributed by atoms with Gasteiger partial charge in [-0.2, -0.15) is 4.57 Å². The highest BCUT2D eigenvalue weighted by Gasteiger charge is 2.06. The number of carbonyl (C=O) groups excluding carboxylic acids is 2. The predicted molar refractivity (Wildman–Crippen MR) is 175 cm³/mol. The molecule has 43 heavy (non-hydrogen) atoms. The maximum Gasteiger partial charge on any atom is 0.407 e. The van der Waals surface area contributed by atoms with Crippen molar-refractivity contribution >= 4 is 23.5 Å². The molecule has 7 nitrogen and oxygen atoms in total. The van der Waals surface area contributed by atoms with Crippen LogP contribution in [0.3, 0.4) is 0 Å². The largest absolute Gasteiger partial charge is 1.00 e. The zero-order valence-electron chi connectivity index (χ0n) is 27.2. The van der Waals surface area contributed by atoms with E-state index in [1.807, 2.05) is 0 Å². The Morgan fingerprint density at radius 2 is 1.05 bits per heavy atom. The van der Waals surface area contributed by atoms with Gasteiger partial charge in [-0.25, -0.2) is 9.59 Å². The third-order valence-corrected chi connectivity index (χ3v) is 8.18. The van der Waals surface area contributed by atoms with E-state index in [1.54, 1.807) is 11.3 Å². The standard InChI is InChI=1S/C34H61N3O4S.BrH/c1-3-4-5-6-7-8-9-10-11-12-13-14-15-16-18-21-24-35-33(38)40-29-32(2)30-41-34(39)36-25-22-19-17-20-23-26-37-27-28-42-31-37;/h27-28,31H,2-26,29-30H2,1H3,(H-,35,36,38,39);1H. The monoisotopic (exact) mass is 687 g/mol. The topological polar surface area (TPSA) is 80.5 Å². The van der Waals surface area contributed by atoms with Gasteiger partial charge in [0.25, 0.3) is 0 Å². The van der Waals surface area contributed by atoms with E-state index in [2.05, 4.69) is 45.8 Å². The number of aromatic nitrogens is 1. The Morgan fingerprint density at radius 1 is 0.651 bits per heavy atom. The van der Waals surface area contributed by atoms with Gasteiger partial charge in [0, 0.05) is 19.5 Å². The van der Waals surface area contributed by atoms with Crippen molar-refractivity contribution < 1.29 is 40.6 Å². The quantitative estimate of drug-likeness (QED) is 0.0592. The Balaban J connectivity index is 0.0000176. The SMILES string of the molecule is C=C(COC(=O)NCCCCCCCCCCCCCCCCCC)COC(=O)NCCCCCCC[n+]1ccsc1.[Br-]. The van der Waals surface area contributed by atoms with Crippen molar-refractivity contribution in [2.75, 3.05) is 26.3 Å². The van der Waals surface area contributed by atoms with E-state index in [4.69, 9.17) is 9.47 Å². The van der Waals surface area contributed by atoms with Crippen molar-refractivity contribution in [1.82, 2.24) is 10.6 Å². The van der Waals surface area contributed by atoms with Crippen LogP contribution in [0.2, 0.25) is 0 Å². The molecular weight excluding hydrogens is 626 g/mol. The van der Waals surface area contributed by atoms with E-state index in [0.29, 0.717) is 18.7 Å². The van der Waals surface area contributed by atoms with E-state index in [9.17, 15) is 9.59 Å². The second-order valence-electron chi connectivity index (χ2n) is 11.6. The molecule has 1 aromatic heterocycles. The van der Waals surface area contributed by atoms with Crippen molar-refractivity contribution in [3.8, 4) is 0 Å². The second-order valence-corrected chi connectivity index (χ2v) is 12.3. The van der Waals surface area contributed by atoms with Crippen molar-refractivity contribution in [2.24, 2.45) is 0 Å². The lowest BCUT2D eigenvalue weighted by molar-refractivity contribution is -0.692. The molecule has 1 heterocycles. The highest BCUT2D eigenvalue weighted by Crippen LogP contribution is 2.13. The first-order valence-electron chi connectivity index (χ1n) is 17.0. The summed E-state index contributed by atoms with van der Waals surface area (Å²) in [7, 11) is 0. The summed E-state index contributed by atoms with van der Waals surface area (Å²) in [6, 6.07) is 0. The van der Waals surface area contributed by atoms with E-state index in [-0.39, 0.29) is 30.2 Å². The van der Waals surface area contributed by atoms with Gasteiger partial charge in [-0.15, -0.1) is 0 Å². The molecule has 2 N–H and O–H groups in total. The Bertz CT molecular complexity index is 780. The Kier molecular flexibility index (Phi) is 30.6. The molecule has 1 rings (SSSR count). The Morgan fingerprint density at radius 3 is 1.44 bits per heavy atom. The van der Waals surface area contributed by atoms with Gasteiger partial charge in [0.2, 0.25) is 5.51 Å². The van der Waals surface area contributed by atoms with Gasteiger partial charge >= 0.3 is 12.2 Å². The van der Waals surface area contributed by atoms with E-state index in [1.165, 1.54) is 103 Å². The third kappa shape index (κ3) is 28.9. The molecule has 9 heteroatoms. The summed E-state index contributed by atoms with van der Waals surface area (Å²) in [6.07, 6.45) is 28.0. The molecule has 0 radical (unpaired) electrons. The first-order chi connectivity index (χ1) is 20.6. The fourth-order valence-electron chi connectivity index (χ4n) is 4.87. The molecule has 1 aromatic rings. The molecule has 0 saturated carbocycles. The van der Waals surface area contributed by atoms with Gasteiger partial charge in [-0.05, 0) is 24.8 Å². The number of thiazole rings is 1. The Labute approximate surface area is 277 Å². The summed E-state index contributed by atoms with van der Waals surface area (Å²) in [5.74, 6) is 0. The number of hydrogen-bond acceptors (Lipinski definition) is 5. The predicted octanol–water partition coefficient (Wildman–Crippen LogP) is 6.26. The van der Waals surface area contributed by atoms with Crippen LogP contribution in [0.1, 0.15) is 142 Å². The van der Waals surface area contributed by atoms with Gasteiger partial charge in [0.15, 0.2) is 6.20 Å². The lowest BCUT2D eigenvalue weighted by Gasteiger charge is -2.10. The first kappa shape index (κ1) is 41.4. The van der Waals surface area contributed by atoms with Crippen LogP contribution in [0.5, 0.6) is 0 Å². The van der Waals surface area contributed by atoms with Gasteiger partial charge in [0.05, 0.1) is 5.38 Å². The molecule has 0 aliphatic carbocycles. The number of nitrogens with zero attached hydrogens (tertiary/aromatic N) is 1. The van der Waals surface area contributed by atoms with Crippen LogP contribution < -0.4 is 32.2 Å². The molecule has 250 valence electrons. The van der Waals surface area contributed by atoms with Crippen LogP contribution >= 0.6 is 11.3 Å². The number of nitrogens with one attached hydrogen (secondary N) is 2. The van der Waals surface area contributed by atoms with Crippen LogP contribution in [0.15, 0.2) is 29.2 Å². The fourth-order valence-corrected chi connectivity index (χ4v) is 5.50. The molecule has 0 spiro atoms. The number of amides is 2. The number of alkyl carbamates (subject to hydrolysis) is 2. The van der Waals surface area contributed by atoms with Crippen molar-refractivity contribution in [3.05, 3.63) is 29.2 Å². The van der Waals surface area contributed by atoms with Crippen LogP contribution in [0.25, 0.3) is 0 Å². The molecule has 0 aromatic carbocycles. The summed E-state index contributed by atoms with van der Waals surface area (Å²) < 4.78 is 12.5. The molecule has 0 aliphatic rings. The minimum absolute atomic E-state index is 0. The summed E-state index contributed by atoms with van der Waals surface area (Å²) in [5, 5.41) is 7.64. The summed E-state index contributed by atoms with van der Waals surface area (Å²) in [4.78, 5) is 23.7. The van der Waals surface area contributed by atoms with Crippen molar-refractivity contribution in [1.29, 1.82) is 0 Å². The van der Waals surface area contributed by atoms with Crippen LogP contribution in [0, 0.1) is 0 Å². The smallest absolute Gasteiger partial charge is 0.407 e. The summed E-state index contributed by atoms with van der Waals surface area (Å²) in [6.45, 7) is 8.48. The summed E-state index contributed by atoms with van der Waals surface area (Å²) >= 11 is 1.72. The number of halogens is 1. The molecule has 0 atom stereocenters. The average Bonchev–Trinajstić information content (AvgIpc) is 3.51. The summed E-state index contributed by atoms with van der Waals surface area (Å²) in [5.41, 5.74) is 2.68. The number of aryl methyl sites for hydroxylation is 1. The number of unbranched alkanes of at least 4 members (excludes halogenated alkanes) is 19. The lowest BCUT2D eigenvalue weighted by atomic mass is 10.0. The zero-order valence-corrected chi connectivity index (χ0v) is 29.6. The average molecular weight is 689 g/mol. The highest BCUT2D eigenvalue weighted by atomic mass is 79.9. The van der Waals surface area contributed by atoms with Gasteiger partial charge in [-0.3, -0.25) is 0 Å². The minimum Gasteiger partial charge on any atom is -1.00 e. The van der Waals surface area contributed by atoms with Crippen molar-refractivity contribution in [2.45, 2.75) is 148 Å². The molecule has 2 amide bonds. The first-order valence-corrected chi connectivity index (χ1v) is 17.9. The van der Waals surface area contributed by atoms with E-state index >= 15 is 0 Å². The molecular formula is C34H62BrN3O4S.